The van der Waals surface area contributed by atoms with Crippen molar-refractivity contribution >= 4 is 21.4 Å². The predicted molar refractivity (Wildman–Crippen MR) is 64.0 cm³/mol. The normalized spacial score (nSPS) is 13.1. The number of carbonyl (C=O) groups excluding carboxylic acids is 1. The Labute approximate surface area is 100 Å². The number of nitrogens with two attached hydrogens (primary N) is 1. The third-order valence-electron chi connectivity index (χ3n) is 2.32. The summed E-state index contributed by atoms with van der Waals surface area (Å²) in [6.07, 6.45) is 1.33. The number of amides is 1. The van der Waals surface area contributed by atoms with Crippen molar-refractivity contribution in [1.29, 1.82) is 0 Å². The Bertz CT molecular complexity index is 525. The van der Waals surface area contributed by atoms with Crippen molar-refractivity contribution in [2.24, 2.45) is 0 Å². The van der Waals surface area contributed by atoms with Crippen LogP contribution >= 0.6 is 0 Å². The molecule has 0 radical (unpaired) electrons. The minimum absolute atomic E-state index is 0.0471. The molecule has 2 N–H and O–H groups in total. The molecule has 1 aromatic heterocycles. The van der Waals surface area contributed by atoms with E-state index in [-0.39, 0.29) is 10.7 Å². The monoisotopic (exact) mass is 257 g/mol. The quantitative estimate of drug-likeness (QED) is 0.817. The zero-order chi connectivity index (χ0) is 13.2. The van der Waals surface area contributed by atoms with Crippen LogP contribution in [0.5, 0.6) is 0 Å². The van der Waals surface area contributed by atoms with Gasteiger partial charge in [-0.25, -0.2) is 13.4 Å². The fourth-order valence-corrected chi connectivity index (χ4v) is 2.72. The highest BCUT2D eigenvalue weighted by molar-refractivity contribution is 7.92. The van der Waals surface area contributed by atoms with Crippen LogP contribution in [0.4, 0.5) is 5.69 Å². The zero-order valence-corrected chi connectivity index (χ0v) is 10.7. The van der Waals surface area contributed by atoms with Crippen LogP contribution in [0.2, 0.25) is 0 Å². The van der Waals surface area contributed by atoms with Gasteiger partial charge in [0.25, 0.3) is 0 Å². The van der Waals surface area contributed by atoms with E-state index < -0.39 is 21.0 Å². The van der Waals surface area contributed by atoms with Gasteiger partial charge in [0.15, 0.2) is 5.03 Å². The van der Waals surface area contributed by atoms with Gasteiger partial charge in [-0.05, 0) is 19.1 Å². The smallest absolute Gasteiger partial charge is 0.240 e. The average molecular weight is 257 g/mol. The molecule has 0 fully saturated rings. The molecule has 1 heterocycles. The summed E-state index contributed by atoms with van der Waals surface area (Å²) in [6, 6.07) is 2.97. The van der Waals surface area contributed by atoms with E-state index in [1.807, 2.05) is 0 Å². The van der Waals surface area contributed by atoms with Crippen LogP contribution in [0.15, 0.2) is 23.4 Å². The lowest BCUT2D eigenvalue weighted by atomic mass is 10.4. The summed E-state index contributed by atoms with van der Waals surface area (Å²) in [7, 11) is -0.849. The van der Waals surface area contributed by atoms with Gasteiger partial charge < -0.3 is 10.6 Å². The lowest BCUT2D eigenvalue weighted by molar-refractivity contribution is -0.127. The van der Waals surface area contributed by atoms with Crippen molar-refractivity contribution < 1.29 is 13.2 Å². The number of anilines is 1. The Balaban J connectivity index is 3.22. The topological polar surface area (TPSA) is 93.4 Å². The Hall–Kier alpha value is -1.63. The van der Waals surface area contributed by atoms with Gasteiger partial charge in [0, 0.05) is 20.3 Å². The van der Waals surface area contributed by atoms with Gasteiger partial charge in [0.05, 0.1) is 5.69 Å². The molecule has 7 heteroatoms. The van der Waals surface area contributed by atoms with Gasteiger partial charge in [-0.3, -0.25) is 4.79 Å². The molecule has 94 valence electrons. The summed E-state index contributed by atoms with van der Waals surface area (Å²) in [5, 5.41) is -1.45. The molecule has 1 atom stereocenters. The fourth-order valence-electron chi connectivity index (χ4n) is 1.30. The van der Waals surface area contributed by atoms with E-state index in [4.69, 9.17) is 5.73 Å². The van der Waals surface area contributed by atoms with E-state index in [1.54, 1.807) is 0 Å². The van der Waals surface area contributed by atoms with Gasteiger partial charge in [-0.1, -0.05) is 0 Å². The van der Waals surface area contributed by atoms with Crippen molar-refractivity contribution in [1.82, 2.24) is 9.88 Å². The van der Waals surface area contributed by atoms with Gasteiger partial charge in [0.1, 0.15) is 5.25 Å². The van der Waals surface area contributed by atoms with E-state index in [2.05, 4.69) is 4.98 Å². The van der Waals surface area contributed by atoms with Crippen LogP contribution in [-0.2, 0) is 14.6 Å². The predicted octanol–water partition coefficient (Wildman–Crippen LogP) is -0.0858. The second-order valence-electron chi connectivity index (χ2n) is 3.82. The molecule has 0 saturated carbocycles. The van der Waals surface area contributed by atoms with Gasteiger partial charge in [-0.2, -0.15) is 0 Å². The van der Waals surface area contributed by atoms with E-state index in [0.29, 0.717) is 0 Å². The highest BCUT2D eigenvalue weighted by Crippen LogP contribution is 2.20. The van der Waals surface area contributed by atoms with E-state index in [0.717, 1.165) is 0 Å². The first-order valence-electron chi connectivity index (χ1n) is 4.94. The molecule has 0 aliphatic rings. The number of sulfone groups is 1. The van der Waals surface area contributed by atoms with Gasteiger partial charge in [0.2, 0.25) is 15.7 Å². The molecule has 1 rings (SSSR count). The Morgan fingerprint density at radius 2 is 2.06 bits per heavy atom. The van der Waals surface area contributed by atoms with Crippen LogP contribution in [-0.4, -0.2) is 43.6 Å². The number of carbonyl (C=O) groups is 1. The van der Waals surface area contributed by atoms with E-state index >= 15 is 0 Å². The fraction of sp³-hybridized carbons (Fsp3) is 0.400. The van der Waals surface area contributed by atoms with Gasteiger partial charge >= 0.3 is 0 Å². The highest BCUT2D eigenvalue weighted by atomic mass is 32.2. The molecule has 1 aromatic rings. The standard InChI is InChI=1S/C10H15N3O3S/c1-7(10(14)13(2)3)17(15,16)9-8(11)5-4-6-12-9/h4-7H,11H2,1-3H3. The Morgan fingerprint density at radius 1 is 1.47 bits per heavy atom. The molecular weight excluding hydrogens is 242 g/mol. The minimum atomic E-state index is -3.84. The first kappa shape index (κ1) is 13.4. The molecule has 17 heavy (non-hydrogen) atoms. The maximum Gasteiger partial charge on any atom is 0.240 e. The molecule has 0 aromatic carbocycles. The molecule has 0 bridgehead atoms. The summed E-state index contributed by atoms with van der Waals surface area (Å²) in [5.41, 5.74) is 5.60. The molecule has 0 spiro atoms. The molecule has 1 amide bonds. The Morgan fingerprint density at radius 3 is 2.53 bits per heavy atom. The third kappa shape index (κ3) is 2.55. The second-order valence-corrected chi connectivity index (χ2v) is 6.00. The lowest BCUT2D eigenvalue weighted by Gasteiger charge is -2.17. The maximum absolute atomic E-state index is 12.1. The number of pyridine rings is 1. The summed E-state index contributed by atoms with van der Waals surface area (Å²) < 4.78 is 24.2. The minimum Gasteiger partial charge on any atom is -0.396 e. The zero-order valence-electron chi connectivity index (χ0n) is 9.91. The number of nitrogens with zero attached hydrogens (tertiary/aromatic N) is 2. The van der Waals surface area contributed by atoms with Crippen molar-refractivity contribution in [2.75, 3.05) is 19.8 Å². The number of nitrogen functional groups attached to an aromatic ring is 1. The molecule has 0 aliphatic heterocycles. The van der Waals surface area contributed by atoms with Crippen molar-refractivity contribution in [2.45, 2.75) is 17.2 Å². The lowest BCUT2D eigenvalue weighted by Crippen LogP contribution is -2.37. The van der Waals surface area contributed by atoms with E-state index in [1.165, 1.54) is 44.2 Å². The van der Waals surface area contributed by atoms with Crippen LogP contribution in [0.25, 0.3) is 0 Å². The summed E-state index contributed by atoms with van der Waals surface area (Å²) in [5.74, 6) is -0.505. The van der Waals surface area contributed by atoms with Crippen molar-refractivity contribution in [3.05, 3.63) is 18.3 Å². The van der Waals surface area contributed by atoms with Crippen LogP contribution < -0.4 is 5.73 Å². The second kappa shape index (κ2) is 4.70. The molecular formula is C10H15N3O3S. The largest absolute Gasteiger partial charge is 0.396 e. The van der Waals surface area contributed by atoms with E-state index in [9.17, 15) is 13.2 Å². The van der Waals surface area contributed by atoms with Crippen LogP contribution in [0.3, 0.4) is 0 Å². The number of hydrogen-bond donors (Lipinski definition) is 1. The van der Waals surface area contributed by atoms with Crippen LogP contribution in [0.1, 0.15) is 6.92 Å². The third-order valence-corrected chi connectivity index (χ3v) is 4.34. The summed E-state index contributed by atoms with van der Waals surface area (Å²) >= 11 is 0. The average Bonchev–Trinajstić information content (AvgIpc) is 2.27. The SMILES string of the molecule is CC(C(=O)N(C)C)S(=O)(=O)c1ncccc1N. The van der Waals surface area contributed by atoms with Crippen molar-refractivity contribution in [3.8, 4) is 0 Å². The number of rotatable bonds is 3. The maximum atomic E-state index is 12.1. The summed E-state index contributed by atoms with van der Waals surface area (Å²) in [4.78, 5) is 16.6. The first-order valence-corrected chi connectivity index (χ1v) is 6.48. The van der Waals surface area contributed by atoms with Gasteiger partial charge in [-0.15, -0.1) is 0 Å². The highest BCUT2D eigenvalue weighted by Gasteiger charge is 2.33. The molecule has 6 nitrogen and oxygen atoms in total. The first-order chi connectivity index (χ1) is 7.78. The number of hydrogen-bond acceptors (Lipinski definition) is 5. The van der Waals surface area contributed by atoms with Crippen molar-refractivity contribution in [3.63, 3.8) is 0 Å². The molecule has 1 unspecified atom stereocenters. The van der Waals surface area contributed by atoms with Crippen LogP contribution in [0, 0.1) is 0 Å². The summed E-state index contributed by atoms with van der Waals surface area (Å²) in [6.45, 7) is 1.33. The Kier molecular flexibility index (Phi) is 3.72. The molecule has 0 saturated heterocycles. The number of aromatic nitrogens is 1. The molecule has 0 aliphatic carbocycles.